The van der Waals surface area contributed by atoms with Gasteiger partial charge in [0, 0.05) is 11.5 Å². The summed E-state index contributed by atoms with van der Waals surface area (Å²) in [6, 6.07) is 11.3. The van der Waals surface area contributed by atoms with Crippen molar-refractivity contribution in [3.8, 4) is 23.0 Å². The molecule has 12 heteroatoms. The zero-order valence-electron chi connectivity index (χ0n) is 20.4. The molecule has 11 nitrogen and oxygen atoms in total. The number of aromatic nitrogens is 7. The molecular weight excluding hydrogens is 530 g/mol. The summed E-state index contributed by atoms with van der Waals surface area (Å²) in [4.78, 5) is 17.5. The van der Waals surface area contributed by atoms with Crippen molar-refractivity contribution in [3.05, 3.63) is 63.5 Å². The molecule has 0 saturated carbocycles. The molecule has 0 aliphatic heterocycles. The monoisotopic (exact) mass is 555 g/mol. The van der Waals surface area contributed by atoms with Gasteiger partial charge in [0.2, 0.25) is 5.69 Å². The van der Waals surface area contributed by atoms with E-state index in [2.05, 4.69) is 36.6 Å². The maximum Gasteiger partial charge on any atom is 0.362 e. The number of rotatable bonds is 10. The first-order valence-corrected chi connectivity index (χ1v) is 12.1. The SMILES string of the molecule is CCOC(=O)c1c(OCc2c(-c3ccc(Br)c(CC)n3)nnn2C)nnn1Cc1ccc(OC)cc1. The zero-order valence-corrected chi connectivity index (χ0v) is 22.0. The molecule has 3 heterocycles. The van der Waals surface area contributed by atoms with Crippen molar-refractivity contribution < 1.29 is 19.0 Å². The van der Waals surface area contributed by atoms with Crippen molar-refractivity contribution in [2.75, 3.05) is 13.7 Å². The number of benzene rings is 1. The lowest BCUT2D eigenvalue weighted by Gasteiger charge is -2.10. The summed E-state index contributed by atoms with van der Waals surface area (Å²) in [5.74, 6) is 0.225. The standard InChI is InChI=1S/C24H26BrN7O4/c1-5-18-17(25)11-12-19(26-18)21-20(31(3)29-27-21)14-36-23-22(24(33)35-6-2)32(30-28-23)13-15-7-9-16(34-4)10-8-15/h7-12H,5-6,13-14H2,1-4H3. The summed E-state index contributed by atoms with van der Waals surface area (Å²) in [5.41, 5.74) is 3.88. The fourth-order valence-corrected chi connectivity index (χ4v) is 4.04. The Morgan fingerprint density at radius 1 is 1.06 bits per heavy atom. The highest BCUT2D eigenvalue weighted by Gasteiger charge is 2.25. The molecule has 0 radical (unpaired) electrons. The Balaban J connectivity index is 1.61. The first-order chi connectivity index (χ1) is 17.4. The van der Waals surface area contributed by atoms with Gasteiger partial charge in [0.15, 0.2) is 0 Å². The number of pyridine rings is 1. The highest BCUT2D eigenvalue weighted by molar-refractivity contribution is 9.10. The largest absolute Gasteiger partial charge is 0.497 e. The maximum absolute atomic E-state index is 12.8. The van der Waals surface area contributed by atoms with Crippen LogP contribution in [-0.2, 0) is 31.4 Å². The van der Waals surface area contributed by atoms with E-state index < -0.39 is 5.97 Å². The quantitative estimate of drug-likeness (QED) is 0.270. The minimum absolute atomic E-state index is 0.0473. The first kappa shape index (κ1) is 25.3. The van der Waals surface area contributed by atoms with Crippen LogP contribution in [0.15, 0.2) is 40.9 Å². The third-order valence-corrected chi connectivity index (χ3v) is 6.17. The van der Waals surface area contributed by atoms with Gasteiger partial charge >= 0.3 is 5.97 Å². The van der Waals surface area contributed by atoms with Crippen LogP contribution in [0.2, 0.25) is 0 Å². The minimum atomic E-state index is -0.573. The molecule has 1 aromatic carbocycles. The highest BCUT2D eigenvalue weighted by Crippen LogP contribution is 2.25. The number of esters is 1. The fraction of sp³-hybridized carbons (Fsp3) is 0.333. The fourth-order valence-electron chi connectivity index (χ4n) is 3.54. The van der Waals surface area contributed by atoms with Gasteiger partial charge in [-0.05, 0) is 59.1 Å². The third-order valence-electron chi connectivity index (χ3n) is 5.45. The van der Waals surface area contributed by atoms with Crippen LogP contribution in [0.4, 0.5) is 0 Å². The number of carbonyl (C=O) groups excluding carboxylic acids is 1. The van der Waals surface area contributed by atoms with E-state index in [-0.39, 0.29) is 24.8 Å². The van der Waals surface area contributed by atoms with Crippen LogP contribution in [-0.4, -0.2) is 54.7 Å². The molecule has 4 rings (SSSR count). The molecule has 36 heavy (non-hydrogen) atoms. The molecular formula is C24H26BrN7O4. The van der Waals surface area contributed by atoms with Gasteiger partial charge in [-0.1, -0.05) is 34.6 Å². The smallest absolute Gasteiger partial charge is 0.362 e. The van der Waals surface area contributed by atoms with Gasteiger partial charge < -0.3 is 14.2 Å². The number of carbonyl (C=O) groups is 1. The Bertz CT molecular complexity index is 1350. The summed E-state index contributed by atoms with van der Waals surface area (Å²) in [6.45, 7) is 4.32. The summed E-state index contributed by atoms with van der Waals surface area (Å²) in [6.07, 6.45) is 0.765. The number of hydrogen-bond acceptors (Lipinski definition) is 9. The van der Waals surface area contributed by atoms with Crippen LogP contribution in [0.25, 0.3) is 11.4 Å². The number of halogens is 1. The molecule has 3 aromatic heterocycles. The molecule has 0 aliphatic carbocycles. The lowest BCUT2D eigenvalue weighted by atomic mass is 10.2. The van der Waals surface area contributed by atoms with Crippen molar-refractivity contribution in [1.82, 2.24) is 35.0 Å². The van der Waals surface area contributed by atoms with Gasteiger partial charge in [0.25, 0.3) is 5.88 Å². The van der Waals surface area contributed by atoms with E-state index in [1.165, 1.54) is 4.68 Å². The third kappa shape index (κ3) is 5.38. The van der Waals surface area contributed by atoms with Crippen molar-refractivity contribution in [2.24, 2.45) is 7.05 Å². The number of aryl methyl sites for hydroxylation is 2. The summed E-state index contributed by atoms with van der Waals surface area (Å²) in [7, 11) is 3.37. The van der Waals surface area contributed by atoms with Crippen LogP contribution in [0.3, 0.4) is 0 Å². The van der Waals surface area contributed by atoms with Gasteiger partial charge in [-0.15, -0.1) is 5.10 Å². The topological polar surface area (TPSA) is 119 Å². The van der Waals surface area contributed by atoms with E-state index in [1.54, 1.807) is 25.8 Å². The van der Waals surface area contributed by atoms with Gasteiger partial charge in [0.05, 0.1) is 31.6 Å². The van der Waals surface area contributed by atoms with E-state index in [0.29, 0.717) is 23.6 Å². The molecule has 0 N–H and O–H groups in total. The Morgan fingerprint density at radius 2 is 1.83 bits per heavy atom. The second-order valence-corrected chi connectivity index (χ2v) is 8.60. The first-order valence-electron chi connectivity index (χ1n) is 11.4. The molecule has 0 atom stereocenters. The zero-order chi connectivity index (χ0) is 25.7. The summed E-state index contributed by atoms with van der Waals surface area (Å²) >= 11 is 3.52. The van der Waals surface area contributed by atoms with Crippen LogP contribution in [0, 0.1) is 0 Å². The molecule has 0 fully saturated rings. The maximum atomic E-state index is 12.8. The van der Waals surface area contributed by atoms with Crippen LogP contribution < -0.4 is 9.47 Å². The van der Waals surface area contributed by atoms with E-state index >= 15 is 0 Å². The molecule has 0 aliphatic rings. The summed E-state index contributed by atoms with van der Waals surface area (Å²) in [5, 5.41) is 16.7. The van der Waals surface area contributed by atoms with Crippen molar-refractivity contribution in [2.45, 2.75) is 33.4 Å². The van der Waals surface area contributed by atoms with E-state index in [9.17, 15) is 4.79 Å². The van der Waals surface area contributed by atoms with Gasteiger partial charge in [-0.25, -0.2) is 19.1 Å². The molecule has 0 spiro atoms. The van der Waals surface area contributed by atoms with Crippen LogP contribution in [0.1, 0.15) is 41.3 Å². The predicted octanol–water partition coefficient (Wildman–Crippen LogP) is 3.61. The summed E-state index contributed by atoms with van der Waals surface area (Å²) < 4.78 is 20.4. The molecule has 0 bridgehead atoms. The lowest BCUT2D eigenvalue weighted by molar-refractivity contribution is 0.0507. The Labute approximate surface area is 216 Å². The number of ether oxygens (including phenoxy) is 3. The van der Waals surface area contributed by atoms with E-state index in [0.717, 1.165) is 27.9 Å². The van der Waals surface area contributed by atoms with Crippen molar-refractivity contribution in [3.63, 3.8) is 0 Å². The van der Waals surface area contributed by atoms with Crippen LogP contribution in [0.5, 0.6) is 11.6 Å². The average Bonchev–Trinajstić information content (AvgIpc) is 3.46. The second-order valence-electron chi connectivity index (χ2n) is 7.74. The van der Waals surface area contributed by atoms with Gasteiger partial charge in [-0.2, -0.15) is 0 Å². The Kier molecular flexibility index (Phi) is 7.93. The van der Waals surface area contributed by atoms with E-state index in [1.807, 2.05) is 43.3 Å². The normalized spacial score (nSPS) is 10.9. The number of methoxy groups -OCH3 is 1. The molecule has 188 valence electrons. The lowest BCUT2D eigenvalue weighted by Crippen LogP contribution is -2.15. The van der Waals surface area contributed by atoms with Crippen molar-refractivity contribution >= 4 is 21.9 Å². The molecule has 0 amide bonds. The van der Waals surface area contributed by atoms with Crippen LogP contribution >= 0.6 is 15.9 Å². The van der Waals surface area contributed by atoms with Crippen molar-refractivity contribution in [1.29, 1.82) is 0 Å². The molecule has 0 unspecified atom stereocenters. The Hall–Kier alpha value is -3.80. The van der Waals surface area contributed by atoms with Gasteiger partial charge in [0.1, 0.15) is 23.7 Å². The van der Waals surface area contributed by atoms with E-state index in [4.69, 9.17) is 19.2 Å². The molecule has 0 saturated heterocycles. The second kappa shape index (κ2) is 11.3. The number of nitrogens with zero attached hydrogens (tertiary/aromatic N) is 7. The highest BCUT2D eigenvalue weighted by atomic mass is 79.9. The average molecular weight is 556 g/mol. The minimum Gasteiger partial charge on any atom is -0.497 e. The molecule has 4 aromatic rings. The van der Waals surface area contributed by atoms with Gasteiger partial charge in [-0.3, -0.25) is 0 Å². The Morgan fingerprint density at radius 3 is 2.53 bits per heavy atom. The number of hydrogen-bond donors (Lipinski definition) is 0. The predicted molar refractivity (Wildman–Crippen MR) is 134 cm³/mol.